The van der Waals surface area contributed by atoms with Crippen LogP contribution in [0.1, 0.15) is 73.0 Å². The van der Waals surface area contributed by atoms with Crippen LogP contribution in [-0.4, -0.2) is 60.9 Å². The molecular weight excluding hydrogens is 428 g/mol. The minimum atomic E-state index is -0.0598. The van der Waals surface area contributed by atoms with Gasteiger partial charge in [-0.25, -0.2) is 9.50 Å². The first kappa shape index (κ1) is 22.8. The van der Waals surface area contributed by atoms with Crippen molar-refractivity contribution in [3.8, 4) is 0 Å². The lowest BCUT2D eigenvalue weighted by Gasteiger charge is -2.34. The number of fused-ring (bicyclic) bond motifs is 1. The number of piperidine rings is 1. The van der Waals surface area contributed by atoms with E-state index in [1.165, 1.54) is 0 Å². The highest BCUT2D eigenvalue weighted by Gasteiger charge is 2.32. The average Bonchev–Trinajstić information content (AvgIpc) is 3.50. The Bertz CT molecular complexity index is 1200. The largest absolute Gasteiger partial charge is 0.355 e. The Labute approximate surface area is 200 Å². The van der Waals surface area contributed by atoms with E-state index in [9.17, 15) is 4.79 Å². The zero-order valence-corrected chi connectivity index (χ0v) is 20.7. The molecule has 1 amide bonds. The second-order valence-electron chi connectivity index (χ2n) is 10.4. The summed E-state index contributed by atoms with van der Waals surface area (Å²) in [6.07, 6.45) is 6.88. The summed E-state index contributed by atoms with van der Waals surface area (Å²) in [7, 11) is 1.86. The first-order valence-corrected chi connectivity index (χ1v) is 12.5. The molecule has 2 atom stereocenters. The van der Waals surface area contributed by atoms with E-state index in [1.54, 1.807) is 4.68 Å². The lowest BCUT2D eigenvalue weighted by Crippen LogP contribution is -2.39. The fourth-order valence-electron chi connectivity index (χ4n) is 5.36. The summed E-state index contributed by atoms with van der Waals surface area (Å²) in [6, 6.07) is 4.14. The highest BCUT2D eigenvalue weighted by molar-refractivity contribution is 5.93. The first-order chi connectivity index (χ1) is 16.3. The van der Waals surface area contributed by atoms with Crippen LogP contribution in [-0.2, 0) is 13.5 Å². The highest BCUT2D eigenvalue weighted by Crippen LogP contribution is 2.33. The Morgan fingerprint density at radius 1 is 1.18 bits per heavy atom. The fourth-order valence-corrected chi connectivity index (χ4v) is 5.36. The summed E-state index contributed by atoms with van der Waals surface area (Å²) >= 11 is 0. The molecular formula is C25H36N8O. The Kier molecular flexibility index (Phi) is 6.06. The molecule has 0 unspecified atom stereocenters. The molecule has 9 nitrogen and oxygen atoms in total. The number of likely N-dealkylation sites (tertiary alicyclic amines) is 1. The van der Waals surface area contributed by atoms with Gasteiger partial charge in [0.1, 0.15) is 11.5 Å². The van der Waals surface area contributed by atoms with Gasteiger partial charge >= 0.3 is 0 Å². The van der Waals surface area contributed by atoms with E-state index in [0.717, 1.165) is 80.2 Å². The van der Waals surface area contributed by atoms with E-state index in [-0.39, 0.29) is 18.0 Å². The Morgan fingerprint density at radius 2 is 2.00 bits per heavy atom. The van der Waals surface area contributed by atoms with Crippen molar-refractivity contribution in [1.82, 2.24) is 29.3 Å². The molecule has 2 aliphatic rings. The van der Waals surface area contributed by atoms with Crippen molar-refractivity contribution in [3.63, 3.8) is 0 Å². The van der Waals surface area contributed by atoms with Gasteiger partial charge in [-0.3, -0.25) is 9.48 Å². The van der Waals surface area contributed by atoms with Gasteiger partial charge in [0, 0.05) is 50.6 Å². The fraction of sp³-hybridized carbons (Fsp3) is 0.600. The Balaban J connectivity index is 1.44. The number of aryl methyl sites for hydroxylation is 2. The number of hydrogen-bond acceptors (Lipinski definition) is 6. The van der Waals surface area contributed by atoms with Gasteiger partial charge in [-0.2, -0.15) is 10.2 Å². The van der Waals surface area contributed by atoms with Gasteiger partial charge in [0.25, 0.3) is 5.91 Å². The summed E-state index contributed by atoms with van der Waals surface area (Å²) in [5.74, 6) is 1.51. The second-order valence-corrected chi connectivity index (χ2v) is 10.4. The van der Waals surface area contributed by atoms with Crippen LogP contribution in [0.15, 0.2) is 18.3 Å². The maximum atomic E-state index is 13.6. The van der Waals surface area contributed by atoms with E-state index in [0.29, 0.717) is 11.6 Å². The van der Waals surface area contributed by atoms with Gasteiger partial charge in [-0.15, -0.1) is 0 Å². The number of hydrogen-bond donors (Lipinski definition) is 1. The first-order valence-electron chi connectivity index (χ1n) is 12.5. The number of rotatable bonds is 5. The van der Waals surface area contributed by atoms with Crippen LogP contribution >= 0.6 is 0 Å². The van der Waals surface area contributed by atoms with E-state index in [2.05, 4.69) is 30.8 Å². The van der Waals surface area contributed by atoms with Crippen LogP contribution in [0, 0.1) is 12.8 Å². The number of amides is 1. The minimum absolute atomic E-state index is 0.0302. The monoisotopic (exact) mass is 464 g/mol. The molecule has 9 heteroatoms. The van der Waals surface area contributed by atoms with Crippen molar-refractivity contribution in [3.05, 3.63) is 41.0 Å². The topological polar surface area (TPSA) is 97.6 Å². The molecule has 5 rings (SSSR count). The average molecular weight is 465 g/mol. The number of nitrogens with two attached hydrogens (primary N) is 1. The molecule has 0 spiro atoms. The number of nitrogens with zero attached hydrogens (tertiary/aromatic N) is 7. The molecule has 34 heavy (non-hydrogen) atoms. The Hall–Kier alpha value is -2.94. The van der Waals surface area contributed by atoms with Gasteiger partial charge < -0.3 is 15.5 Å². The lowest BCUT2D eigenvalue weighted by atomic mass is 9.98. The maximum Gasteiger partial charge on any atom is 0.272 e. The number of anilines is 1. The van der Waals surface area contributed by atoms with Crippen LogP contribution < -0.4 is 10.6 Å². The molecule has 182 valence electrons. The smallest absolute Gasteiger partial charge is 0.272 e. The zero-order valence-electron chi connectivity index (χ0n) is 20.7. The molecule has 3 aromatic rings. The second kappa shape index (κ2) is 9.02. The van der Waals surface area contributed by atoms with Gasteiger partial charge in [0.2, 0.25) is 0 Å². The summed E-state index contributed by atoms with van der Waals surface area (Å²) < 4.78 is 3.58. The van der Waals surface area contributed by atoms with Crippen molar-refractivity contribution in [2.45, 2.75) is 65.0 Å². The van der Waals surface area contributed by atoms with Gasteiger partial charge in [-0.05, 0) is 51.0 Å². The van der Waals surface area contributed by atoms with Crippen molar-refractivity contribution >= 4 is 17.4 Å². The Morgan fingerprint density at radius 3 is 2.74 bits per heavy atom. The molecule has 0 radical (unpaired) electrons. The lowest BCUT2D eigenvalue weighted by molar-refractivity contribution is 0.0594. The molecule has 0 aliphatic carbocycles. The normalized spacial score (nSPS) is 21.2. The maximum absolute atomic E-state index is 13.6. The third-order valence-electron chi connectivity index (χ3n) is 7.02. The quantitative estimate of drug-likeness (QED) is 0.624. The predicted octanol–water partition coefficient (Wildman–Crippen LogP) is 2.87. The van der Waals surface area contributed by atoms with E-state index >= 15 is 0 Å². The van der Waals surface area contributed by atoms with Gasteiger partial charge in [-0.1, -0.05) is 13.8 Å². The number of carbonyl (C=O) groups excluding carboxylic acids is 1. The summed E-state index contributed by atoms with van der Waals surface area (Å²) in [4.78, 5) is 22.8. The number of aromatic nitrogens is 5. The standard InChI is InChI=1S/C25H36N8O/c1-16(2)11-19-12-22(30(4)28-19)25(34)32-9-6-5-7-21(32)20-13-23-27-24(17(3)14-33(23)29-20)31-10-8-18(26)15-31/h12-14,16,18,21H,5-11,15,26H2,1-4H3/t18-,21-/m0/s1. The summed E-state index contributed by atoms with van der Waals surface area (Å²) in [5.41, 5.74) is 10.5. The van der Waals surface area contributed by atoms with Crippen molar-refractivity contribution in [2.75, 3.05) is 24.5 Å². The van der Waals surface area contributed by atoms with Gasteiger partial charge in [0.05, 0.1) is 17.4 Å². The third kappa shape index (κ3) is 4.29. The van der Waals surface area contributed by atoms with E-state index < -0.39 is 0 Å². The van der Waals surface area contributed by atoms with Crippen LogP contribution in [0.3, 0.4) is 0 Å². The van der Waals surface area contributed by atoms with Crippen LogP contribution in [0.5, 0.6) is 0 Å². The van der Waals surface area contributed by atoms with Crippen molar-refractivity contribution < 1.29 is 4.79 Å². The van der Waals surface area contributed by atoms with Gasteiger partial charge in [0.15, 0.2) is 5.65 Å². The molecule has 2 saturated heterocycles. The minimum Gasteiger partial charge on any atom is -0.355 e. The molecule has 3 aromatic heterocycles. The molecule has 0 bridgehead atoms. The van der Waals surface area contributed by atoms with Crippen molar-refractivity contribution in [1.29, 1.82) is 0 Å². The zero-order chi connectivity index (χ0) is 24.0. The molecule has 0 saturated carbocycles. The van der Waals surface area contributed by atoms with E-state index in [4.69, 9.17) is 15.8 Å². The van der Waals surface area contributed by atoms with Crippen LogP contribution in [0.4, 0.5) is 5.82 Å². The highest BCUT2D eigenvalue weighted by atomic mass is 16.2. The third-order valence-corrected chi connectivity index (χ3v) is 7.02. The van der Waals surface area contributed by atoms with Crippen LogP contribution in [0.25, 0.3) is 5.65 Å². The molecule has 2 fully saturated rings. The molecule has 5 heterocycles. The summed E-state index contributed by atoms with van der Waals surface area (Å²) in [5, 5.41) is 9.46. The molecule has 0 aromatic carbocycles. The van der Waals surface area contributed by atoms with Crippen molar-refractivity contribution in [2.24, 2.45) is 18.7 Å². The predicted molar refractivity (Wildman–Crippen MR) is 132 cm³/mol. The summed E-state index contributed by atoms with van der Waals surface area (Å²) in [6.45, 7) is 8.89. The number of carbonyl (C=O) groups is 1. The molecule has 2 N–H and O–H groups in total. The van der Waals surface area contributed by atoms with E-state index in [1.807, 2.05) is 34.8 Å². The molecule has 2 aliphatic heterocycles. The van der Waals surface area contributed by atoms with Crippen LogP contribution in [0.2, 0.25) is 0 Å². The SMILES string of the molecule is Cc1cn2nc([C@@H]3CCCCN3C(=O)c3cc(CC(C)C)nn3C)cc2nc1N1CC[C@H](N)C1.